The highest BCUT2D eigenvalue weighted by molar-refractivity contribution is 6.32. The van der Waals surface area contributed by atoms with Crippen LogP contribution in [0.15, 0.2) is 18.2 Å². The first-order chi connectivity index (χ1) is 11.3. The zero-order valence-corrected chi connectivity index (χ0v) is 14.5. The van der Waals surface area contributed by atoms with Gasteiger partial charge in [-0.3, -0.25) is 4.79 Å². The van der Waals surface area contributed by atoms with E-state index in [-0.39, 0.29) is 6.04 Å². The van der Waals surface area contributed by atoms with Crippen LogP contribution in [-0.2, 0) is 9.53 Å². The number of carbonyl (C=O) groups is 1. The summed E-state index contributed by atoms with van der Waals surface area (Å²) in [7, 11) is 1.68. The SMILES string of the molecule is COCCCOc1cc(C2CCCCCC2NC=O)ccc1Cl. The average molecular weight is 340 g/mol. The quantitative estimate of drug-likeness (QED) is 0.443. The van der Waals surface area contributed by atoms with Crippen molar-refractivity contribution in [2.75, 3.05) is 20.3 Å². The second-order valence-electron chi connectivity index (χ2n) is 6.02. The smallest absolute Gasteiger partial charge is 0.207 e. The molecule has 2 rings (SSSR count). The second kappa shape index (κ2) is 9.78. The first kappa shape index (κ1) is 18.1. The van der Waals surface area contributed by atoms with Gasteiger partial charge in [0, 0.05) is 32.1 Å². The number of rotatable bonds is 8. The summed E-state index contributed by atoms with van der Waals surface area (Å²) >= 11 is 6.25. The molecule has 2 atom stereocenters. The summed E-state index contributed by atoms with van der Waals surface area (Å²) in [6, 6.07) is 6.17. The third-order valence-electron chi connectivity index (χ3n) is 4.43. The Morgan fingerprint density at radius 3 is 2.87 bits per heavy atom. The summed E-state index contributed by atoms with van der Waals surface area (Å²) in [5.74, 6) is 1.04. The minimum atomic E-state index is 0.192. The van der Waals surface area contributed by atoms with Gasteiger partial charge in [-0.25, -0.2) is 0 Å². The Morgan fingerprint density at radius 2 is 2.09 bits per heavy atom. The Morgan fingerprint density at radius 1 is 1.26 bits per heavy atom. The molecule has 128 valence electrons. The molecule has 5 heteroatoms. The van der Waals surface area contributed by atoms with E-state index in [1.54, 1.807) is 7.11 Å². The Kier molecular flexibility index (Phi) is 7.69. The van der Waals surface area contributed by atoms with Gasteiger partial charge in [0.05, 0.1) is 11.6 Å². The molecule has 1 amide bonds. The van der Waals surface area contributed by atoms with Gasteiger partial charge in [0.2, 0.25) is 6.41 Å². The normalized spacial score (nSPS) is 21.5. The molecule has 1 N–H and O–H groups in total. The van der Waals surface area contributed by atoms with Crippen molar-refractivity contribution in [2.24, 2.45) is 0 Å². The number of carbonyl (C=O) groups excluding carboxylic acids is 1. The lowest BCUT2D eigenvalue weighted by molar-refractivity contribution is -0.110. The van der Waals surface area contributed by atoms with Gasteiger partial charge in [0.25, 0.3) is 0 Å². The maximum absolute atomic E-state index is 10.9. The average Bonchev–Trinajstić information content (AvgIpc) is 2.79. The van der Waals surface area contributed by atoms with Gasteiger partial charge in [0.15, 0.2) is 0 Å². The van der Waals surface area contributed by atoms with Crippen molar-refractivity contribution in [3.05, 3.63) is 28.8 Å². The topological polar surface area (TPSA) is 47.6 Å². The van der Waals surface area contributed by atoms with Crippen molar-refractivity contribution in [1.82, 2.24) is 5.32 Å². The van der Waals surface area contributed by atoms with Gasteiger partial charge in [-0.1, -0.05) is 36.9 Å². The van der Waals surface area contributed by atoms with Crippen molar-refractivity contribution >= 4 is 18.0 Å². The Labute approximate surface area is 143 Å². The Balaban J connectivity index is 2.11. The summed E-state index contributed by atoms with van der Waals surface area (Å²) in [6.07, 6.45) is 7.33. The highest BCUT2D eigenvalue weighted by atomic mass is 35.5. The van der Waals surface area contributed by atoms with E-state index in [0.29, 0.717) is 24.2 Å². The van der Waals surface area contributed by atoms with E-state index in [1.165, 1.54) is 18.4 Å². The van der Waals surface area contributed by atoms with E-state index in [4.69, 9.17) is 21.1 Å². The lowest BCUT2D eigenvalue weighted by Gasteiger charge is -2.25. The molecule has 0 aromatic heterocycles. The minimum absolute atomic E-state index is 0.192. The molecule has 1 aliphatic rings. The maximum atomic E-state index is 10.9. The first-order valence-electron chi connectivity index (χ1n) is 8.37. The molecule has 1 aromatic rings. The fourth-order valence-corrected chi connectivity index (χ4v) is 3.41. The molecule has 1 aliphatic carbocycles. The second-order valence-corrected chi connectivity index (χ2v) is 6.43. The van der Waals surface area contributed by atoms with Gasteiger partial charge in [-0.15, -0.1) is 0 Å². The molecule has 1 aromatic carbocycles. The molecular weight excluding hydrogens is 314 g/mol. The number of ether oxygens (including phenoxy) is 2. The van der Waals surface area contributed by atoms with Crippen LogP contribution in [0.25, 0.3) is 0 Å². The van der Waals surface area contributed by atoms with E-state index in [9.17, 15) is 4.79 Å². The van der Waals surface area contributed by atoms with Gasteiger partial charge in [-0.05, 0) is 30.5 Å². The van der Waals surface area contributed by atoms with Crippen molar-refractivity contribution < 1.29 is 14.3 Å². The summed E-state index contributed by atoms with van der Waals surface area (Å²) in [4.78, 5) is 10.9. The number of hydrogen-bond acceptors (Lipinski definition) is 3. The number of nitrogens with one attached hydrogen (secondary N) is 1. The van der Waals surface area contributed by atoms with Crippen LogP contribution in [-0.4, -0.2) is 32.8 Å². The number of halogens is 1. The van der Waals surface area contributed by atoms with Gasteiger partial charge in [-0.2, -0.15) is 0 Å². The van der Waals surface area contributed by atoms with Crippen LogP contribution in [0, 0.1) is 0 Å². The minimum Gasteiger partial charge on any atom is -0.492 e. The van der Waals surface area contributed by atoms with E-state index in [1.807, 2.05) is 12.1 Å². The largest absolute Gasteiger partial charge is 0.492 e. The molecule has 23 heavy (non-hydrogen) atoms. The summed E-state index contributed by atoms with van der Waals surface area (Å²) in [6.45, 7) is 1.25. The van der Waals surface area contributed by atoms with Crippen LogP contribution in [0.1, 0.15) is 50.0 Å². The zero-order valence-electron chi connectivity index (χ0n) is 13.7. The van der Waals surface area contributed by atoms with Crippen molar-refractivity contribution in [2.45, 2.75) is 50.5 Å². The molecule has 1 fully saturated rings. The summed E-state index contributed by atoms with van der Waals surface area (Å²) in [5, 5.41) is 3.62. The van der Waals surface area contributed by atoms with E-state index < -0.39 is 0 Å². The van der Waals surface area contributed by atoms with Gasteiger partial charge in [0.1, 0.15) is 5.75 Å². The number of hydrogen-bond donors (Lipinski definition) is 1. The molecular formula is C18H26ClNO3. The summed E-state index contributed by atoms with van der Waals surface area (Å²) in [5.41, 5.74) is 1.19. The fourth-order valence-electron chi connectivity index (χ4n) is 3.24. The predicted molar refractivity (Wildman–Crippen MR) is 92.3 cm³/mol. The highest BCUT2D eigenvalue weighted by Gasteiger charge is 2.25. The van der Waals surface area contributed by atoms with E-state index >= 15 is 0 Å². The summed E-state index contributed by atoms with van der Waals surface area (Å²) < 4.78 is 10.8. The molecule has 0 radical (unpaired) electrons. The number of amides is 1. The molecule has 0 saturated heterocycles. The van der Waals surface area contributed by atoms with Gasteiger partial charge < -0.3 is 14.8 Å². The van der Waals surface area contributed by atoms with Crippen LogP contribution in [0.5, 0.6) is 5.75 Å². The molecule has 0 bridgehead atoms. The lowest BCUT2D eigenvalue weighted by Crippen LogP contribution is -2.33. The van der Waals surface area contributed by atoms with Crippen molar-refractivity contribution in [1.29, 1.82) is 0 Å². The predicted octanol–water partition coefficient (Wildman–Crippen LogP) is 3.92. The van der Waals surface area contributed by atoms with Crippen LogP contribution in [0.2, 0.25) is 5.02 Å². The van der Waals surface area contributed by atoms with Crippen LogP contribution < -0.4 is 10.1 Å². The lowest BCUT2D eigenvalue weighted by atomic mass is 9.87. The van der Waals surface area contributed by atoms with Crippen LogP contribution in [0.3, 0.4) is 0 Å². The third kappa shape index (κ3) is 5.40. The fraction of sp³-hybridized carbons (Fsp3) is 0.611. The van der Waals surface area contributed by atoms with Crippen LogP contribution in [0.4, 0.5) is 0 Å². The van der Waals surface area contributed by atoms with E-state index in [0.717, 1.165) is 37.8 Å². The maximum Gasteiger partial charge on any atom is 0.207 e. The zero-order chi connectivity index (χ0) is 16.5. The highest BCUT2D eigenvalue weighted by Crippen LogP contribution is 2.35. The molecule has 0 spiro atoms. The third-order valence-corrected chi connectivity index (χ3v) is 4.74. The molecule has 1 saturated carbocycles. The molecule has 0 aliphatic heterocycles. The van der Waals surface area contributed by atoms with E-state index in [2.05, 4.69) is 11.4 Å². The van der Waals surface area contributed by atoms with Crippen LogP contribution >= 0.6 is 11.6 Å². The Bertz CT molecular complexity index is 495. The number of benzene rings is 1. The standard InChI is InChI=1S/C18H26ClNO3/c1-22-10-5-11-23-18-12-14(8-9-16(18)19)15-6-3-2-4-7-17(15)20-13-21/h8-9,12-13,15,17H,2-7,10-11H2,1H3,(H,20,21). The first-order valence-corrected chi connectivity index (χ1v) is 8.75. The Hall–Kier alpha value is -1.26. The van der Waals surface area contributed by atoms with Gasteiger partial charge >= 0.3 is 0 Å². The number of methoxy groups -OCH3 is 1. The van der Waals surface area contributed by atoms with Crippen molar-refractivity contribution in [3.8, 4) is 5.75 Å². The molecule has 0 heterocycles. The van der Waals surface area contributed by atoms with Crippen molar-refractivity contribution in [3.63, 3.8) is 0 Å². The molecule has 2 unspecified atom stereocenters. The molecule has 4 nitrogen and oxygen atoms in total. The monoisotopic (exact) mass is 339 g/mol.